The molecule has 3 aromatic carbocycles. The van der Waals surface area contributed by atoms with E-state index < -0.39 is 16.1 Å². The van der Waals surface area contributed by atoms with E-state index >= 15 is 0 Å². The van der Waals surface area contributed by atoms with Gasteiger partial charge in [0.25, 0.3) is 10.0 Å². The lowest BCUT2D eigenvalue weighted by molar-refractivity contribution is -0.141. The van der Waals surface area contributed by atoms with Gasteiger partial charge in [0.05, 0.1) is 10.6 Å². The third kappa shape index (κ3) is 5.55. The molecule has 0 radical (unpaired) electrons. The molecule has 1 N–H and O–H groups in total. The Kier molecular flexibility index (Phi) is 8.72. The number of sulfonamides is 1. The summed E-state index contributed by atoms with van der Waals surface area (Å²) in [5, 5.41) is 4.60. The first-order chi connectivity index (χ1) is 18.3. The molecule has 0 saturated carbocycles. The van der Waals surface area contributed by atoms with Crippen LogP contribution in [0.15, 0.2) is 65.6 Å². The molecule has 0 saturated heterocycles. The number of nitrogens with one attached hydrogen (secondary N) is 1. The average Bonchev–Trinajstić information content (AvgIpc) is 3.13. The Hall–Kier alpha value is -3.39. The molecule has 0 fully saturated rings. The van der Waals surface area contributed by atoms with E-state index in [1.807, 2.05) is 62.4 Å². The van der Waals surface area contributed by atoms with Crippen molar-refractivity contribution in [2.75, 3.05) is 17.4 Å². The second-order valence-electron chi connectivity index (χ2n) is 9.83. The average molecular weight is 536 g/mol. The number of benzene rings is 3. The van der Waals surface area contributed by atoms with Crippen LogP contribution in [0.1, 0.15) is 57.1 Å². The molecule has 2 amide bonds. The standard InChI is InChI=1S/C30H37N3O4S/c1-4-6-19-31-30(35)25(5-2)32(21-24-13-8-7-12-22(24)3)28(34)18-11-20-33-26-16-9-14-23-15-10-17-27(29(23)26)38(33,36)37/h7-10,12-17,25H,4-6,11,18-21H2,1-3H3,(H,31,35)/t25-/m1/s1. The molecule has 38 heavy (non-hydrogen) atoms. The molecule has 0 bridgehead atoms. The van der Waals surface area contributed by atoms with E-state index in [1.165, 1.54) is 4.31 Å². The summed E-state index contributed by atoms with van der Waals surface area (Å²) in [5.41, 5.74) is 2.70. The van der Waals surface area contributed by atoms with E-state index in [-0.39, 0.29) is 24.8 Å². The number of unbranched alkanes of at least 4 members (excludes halogenated alkanes) is 1. The molecule has 8 heteroatoms. The van der Waals surface area contributed by atoms with Gasteiger partial charge >= 0.3 is 0 Å². The van der Waals surface area contributed by atoms with Gasteiger partial charge in [-0.1, -0.05) is 68.8 Å². The van der Waals surface area contributed by atoms with Crippen molar-refractivity contribution in [2.45, 2.75) is 70.4 Å². The van der Waals surface area contributed by atoms with Crippen molar-refractivity contribution in [1.29, 1.82) is 0 Å². The first-order valence-corrected chi connectivity index (χ1v) is 14.9. The second-order valence-corrected chi connectivity index (χ2v) is 11.7. The minimum absolute atomic E-state index is 0.142. The molecule has 0 unspecified atom stereocenters. The van der Waals surface area contributed by atoms with Crippen LogP contribution in [0.2, 0.25) is 0 Å². The summed E-state index contributed by atoms with van der Waals surface area (Å²) in [4.78, 5) is 28.7. The molecule has 0 spiro atoms. The SMILES string of the molecule is CCCCNC(=O)[C@@H](CC)N(Cc1ccccc1C)C(=O)CCCN1c2cccc3cccc(c23)S1(=O)=O. The molecule has 0 aliphatic carbocycles. The van der Waals surface area contributed by atoms with Crippen molar-refractivity contribution in [2.24, 2.45) is 0 Å². The second kappa shape index (κ2) is 12.0. The fourth-order valence-corrected chi connectivity index (χ4v) is 6.86. The van der Waals surface area contributed by atoms with Crippen LogP contribution in [0.4, 0.5) is 5.69 Å². The number of nitrogens with zero attached hydrogens (tertiary/aromatic N) is 2. The minimum atomic E-state index is -3.67. The van der Waals surface area contributed by atoms with Gasteiger partial charge in [0.2, 0.25) is 11.8 Å². The van der Waals surface area contributed by atoms with Gasteiger partial charge < -0.3 is 10.2 Å². The lowest BCUT2D eigenvalue weighted by Gasteiger charge is -2.31. The molecule has 1 aliphatic heterocycles. The number of rotatable bonds is 12. The summed E-state index contributed by atoms with van der Waals surface area (Å²) >= 11 is 0. The van der Waals surface area contributed by atoms with Crippen molar-refractivity contribution >= 4 is 38.3 Å². The van der Waals surface area contributed by atoms with Crippen LogP contribution in [-0.4, -0.2) is 44.3 Å². The molecule has 4 rings (SSSR count). The highest BCUT2D eigenvalue weighted by Crippen LogP contribution is 2.42. The molecular weight excluding hydrogens is 498 g/mol. The van der Waals surface area contributed by atoms with Crippen molar-refractivity contribution in [3.63, 3.8) is 0 Å². The number of hydrogen-bond donors (Lipinski definition) is 1. The largest absolute Gasteiger partial charge is 0.354 e. The van der Waals surface area contributed by atoms with Gasteiger partial charge in [-0.3, -0.25) is 13.9 Å². The zero-order chi connectivity index (χ0) is 27.3. The van der Waals surface area contributed by atoms with Crippen LogP contribution >= 0.6 is 0 Å². The van der Waals surface area contributed by atoms with E-state index in [1.54, 1.807) is 17.0 Å². The summed E-state index contributed by atoms with van der Waals surface area (Å²) in [6, 6.07) is 18.2. The monoisotopic (exact) mass is 535 g/mol. The van der Waals surface area contributed by atoms with Crippen molar-refractivity contribution in [3.8, 4) is 0 Å². The topological polar surface area (TPSA) is 86.8 Å². The van der Waals surface area contributed by atoms with Gasteiger partial charge in [0.1, 0.15) is 6.04 Å². The molecular formula is C30H37N3O4S. The highest BCUT2D eigenvalue weighted by Gasteiger charge is 2.35. The molecule has 1 aliphatic rings. The maximum Gasteiger partial charge on any atom is 0.265 e. The number of hydrogen-bond acceptors (Lipinski definition) is 4. The van der Waals surface area contributed by atoms with Crippen LogP contribution in [-0.2, 0) is 26.2 Å². The lowest BCUT2D eigenvalue weighted by Crippen LogP contribution is -2.49. The van der Waals surface area contributed by atoms with E-state index in [0.29, 0.717) is 36.5 Å². The quantitative estimate of drug-likeness (QED) is 0.325. The normalized spacial score (nSPS) is 14.4. The number of carbonyl (C=O) groups is 2. The van der Waals surface area contributed by atoms with Gasteiger partial charge in [-0.15, -0.1) is 0 Å². The van der Waals surface area contributed by atoms with Crippen molar-refractivity contribution < 1.29 is 18.0 Å². The zero-order valence-electron chi connectivity index (χ0n) is 22.4. The van der Waals surface area contributed by atoms with Gasteiger partial charge in [0.15, 0.2) is 0 Å². The Bertz CT molecular complexity index is 1410. The van der Waals surface area contributed by atoms with Crippen molar-refractivity contribution in [1.82, 2.24) is 10.2 Å². The van der Waals surface area contributed by atoms with Crippen LogP contribution in [0.25, 0.3) is 10.8 Å². The zero-order valence-corrected chi connectivity index (χ0v) is 23.3. The van der Waals surface area contributed by atoms with E-state index in [2.05, 4.69) is 12.2 Å². The smallest absolute Gasteiger partial charge is 0.265 e. The van der Waals surface area contributed by atoms with E-state index in [4.69, 9.17) is 0 Å². The summed E-state index contributed by atoms with van der Waals surface area (Å²) in [6.45, 7) is 7.08. The Morgan fingerprint density at radius 3 is 2.42 bits per heavy atom. The van der Waals surface area contributed by atoms with Crippen molar-refractivity contribution in [3.05, 3.63) is 71.8 Å². The molecule has 3 aromatic rings. The van der Waals surface area contributed by atoms with Gasteiger partial charge in [-0.25, -0.2) is 8.42 Å². The number of anilines is 1. The predicted octanol–water partition coefficient (Wildman–Crippen LogP) is 5.16. The first kappa shape index (κ1) is 27.6. The molecule has 202 valence electrons. The minimum Gasteiger partial charge on any atom is -0.354 e. The fourth-order valence-electron chi connectivity index (χ4n) is 5.11. The number of carbonyl (C=O) groups excluding carboxylic acids is 2. The van der Waals surface area contributed by atoms with Crippen LogP contribution in [0.3, 0.4) is 0 Å². The van der Waals surface area contributed by atoms with E-state index in [0.717, 1.165) is 34.7 Å². The third-order valence-corrected chi connectivity index (χ3v) is 9.11. The summed E-state index contributed by atoms with van der Waals surface area (Å²) in [5.74, 6) is -0.301. The van der Waals surface area contributed by atoms with Crippen LogP contribution in [0, 0.1) is 6.92 Å². The summed E-state index contributed by atoms with van der Waals surface area (Å²) in [7, 11) is -3.67. The number of aryl methyl sites for hydroxylation is 1. The van der Waals surface area contributed by atoms with Gasteiger partial charge in [0, 0.05) is 31.4 Å². The summed E-state index contributed by atoms with van der Waals surface area (Å²) < 4.78 is 28.0. The molecule has 7 nitrogen and oxygen atoms in total. The maximum atomic E-state index is 13.6. The van der Waals surface area contributed by atoms with E-state index in [9.17, 15) is 18.0 Å². The van der Waals surface area contributed by atoms with Crippen LogP contribution < -0.4 is 9.62 Å². The highest BCUT2D eigenvalue weighted by atomic mass is 32.2. The predicted molar refractivity (Wildman–Crippen MR) is 151 cm³/mol. The highest BCUT2D eigenvalue weighted by molar-refractivity contribution is 7.93. The Balaban J connectivity index is 1.51. The van der Waals surface area contributed by atoms with Gasteiger partial charge in [-0.2, -0.15) is 0 Å². The summed E-state index contributed by atoms with van der Waals surface area (Å²) in [6.07, 6.45) is 2.84. The van der Waals surface area contributed by atoms with Gasteiger partial charge in [-0.05, 0) is 54.8 Å². The molecule has 1 heterocycles. The third-order valence-electron chi connectivity index (χ3n) is 7.25. The Morgan fingerprint density at radius 2 is 1.71 bits per heavy atom. The molecule has 0 aromatic heterocycles. The Labute approximate surface area is 225 Å². The Morgan fingerprint density at radius 1 is 0.974 bits per heavy atom. The molecule has 1 atom stereocenters. The maximum absolute atomic E-state index is 13.6. The first-order valence-electron chi connectivity index (χ1n) is 13.5. The van der Waals surface area contributed by atoms with Crippen LogP contribution in [0.5, 0.6) is 0 Å². The fraction of sp³-hybridized carbons (Fsp3) is 0.400. The lowest BCUT2D eigenvalue weighted by atomic mass is 10.0. The number of amides is 2.